The van der Waals surface area contributed by atoms with E-state index in [-0.39, 0.29) is 17.4 Å². The van der Waals surface area contributed by atoms with E-state index in [2.05, 4.69) is 5.32 Å². The van der Waals surface area contributed by atoms with Gasteiger partial charge in [0.05, 0.1) is 11.4 Å². The molecule has 2 N–H and O–H groups in total. The molecule has 118 valence electrons. The van der Waals surface area contributed by atoms with Gasteiger partial charge >= 0.3 is 0 Å². The molecule has 0 amide bonds. The first-order chi connectivity index (χ1) is 9.94. The van der Waals surface area contributed by atoms with Crippen LogP contribution in [0.5, 0.6) is 5.75 Å². The van der Waals surface area contributed by atoms with Crippen molar-refractivity contribution in [2.45, 2.75) is 26.7 Å². The van der Waals surface area contributed by atoms with Crippen molar-refractivity contribution in [2.75, 3.05) is 29.7 Å². The second-order valence-electron chi connectivity index (χ2n) is 5.63. The Bertz CT molecular complexity index is 581. The van der Waals surface area contributed by atoms with E-state index in [1.807, 2.05) is 13.8 Å². The third-order valence-electron chi connectivity index (χ3n) is 3.93. The lowest BCUT2D eigenvalue weighted by molar-refractivity contribution is 0.403. The van der Waals surface area contributed by atoms with Crippen LogP contribution >= 0.6 is 0 Å². The Balaban J connectivity index is 2.24. The number of aromatic hydroxyl groups is 1. The maximum Gasteiger partial charge on any atom is 0.235 e. The van der Waals surface area contributed by atoms with Crippen LogP contribution in [0.3, 0.4) is 0 Å². The Morgan fingerprint density at radius 1 is 1.43 bits per heavy atom. The van der Waals surface area contributed by atoms with Crippen molar-refractivity contribution < 1.29 is 13.5 Å². The minimum absolute atomic E-state index is 0.0867. The zero-order chi connectivity index (χ0) is 15.5. The minimum Gasteiger partial charge on any atom is -0.508 e. The molecule has 0 bridgehead atoms. The molecule has 0 spiro atoms. The molecule has 1 aliphatic heterocycles. The Hall–Kier alpha value is -1.27. The molecule has 0 aliphatic carbocycles. The minimum atomic E-state index is -3.38. The van der Waals surface area contributed by atoms with Gasteiger partial charge in [-0.25, -0.2) is 8.42 Å². The molecule has 1 heterocycles. The number of rotatable bonds is 5. The molecule has 2 rings (SSSR count). The van der Waals surface area contributed by atoms with Gasteiger partial charge in [0.2, 0.25) is 10.0 Å². The second-order valence-corrected chi connectivity index (χ2v) is 7.56. The third-order valence-corrected chi connectivity index (χ3v) is 5.95. The highest BCUT2D eigenvalue weighted by molar-refractivity contribution is 7.92. The number of phenols is 1. The molecular formula is C15H24N2O3S. The predicted molar refractivity (Wildman–Crippen MR) is 85.2 cm³/mol. The lowest BCUT2D eigenvalue weighted by Gasteiger charge is -2.29. The predicted octanol–water partition coefficient (Wildman–Crippen LogP) is 1.86. The lowest BCUT2D eigenvalue weighted by atomic mass is 10.0. The van der Waals surface area contributed by atoms with E-state index >= 15 is 0 Å². The summed E-state index contributed by atoms with van der Waals surface area (Å²) >= 11 is 0. The van der Waals surface area contributed by atoms with Crippen molar-refractivity contribution in [3.63, 3.8) is 0 Å². The third kappa shape index (κ3) is 3.89. The fourth-order valence-electron chi connectivity index (χ4n) is 2.84. The average molecular weight is 312 g/mol. The molecule has 1 unspecified atom stereocenters. The van der Waals surface area contributed by atoms with E-state index in [9.17, 15) is 13.5 Å². The summed E-state index contributed by atoms with van der Waals surface area (Å²) in [5, 5.41) is 12.9. The SMILES string of the molecule is CCN(c1cc(O)ccc1C)S(=O)(=O)CC1CCCNC1. The largest absolute Gasteiger partial charge is 0.508 e. The second kappa shape index (κ2) is 6.66. The first-order valence-electron chi connectivity index (χ1n) is 7.45. The van der Waals surface area contributed by atoms with Crippen molar-refractivity contribution in [3.8, 4) is 5.75 Å². The van der Waals surface area contributed by atoms with E-state index in [0.717, 1.165) is 31.5 Å². The van der Waals surface area contributed by atoms with Gasteiger partial charge in [-0.3, -0.25) is 4.31 Å². The summed E-state index contributed by atoms with van der Waals surface area (Å²) in [4.78, 5) is 0. The van der Waals surface area contributed by atoms with Crippen molar-refractivity contribution in [3.05, 3.63) is 23.8 Å². The van der Waals surface area contributed by atoms with E-state index in [4.69, 9.17) is 0 Å². The first-order valence-corrected chi connectivity index (χ1v) is 9.05. The van der Waals surface area contributed by atoms with Crippen molar-refractivity contribution in [1.82, 2.24) is 5.32 Å². The summed E-state index contributed by atoms with van der Waals surface area (Å²) in [5.74, 6) is 0.405. The molecule has 1 atom stereocenters. The summed E-state index contributed by atoms with van der Waals surface area (Å²) in [7, 11) is -3.38. The van der Waals surface area contributed by atoms with Gasteiger partial charge in [0.15, 0.2) is 0 Å². The molecule has 1 aromatic carbocycles. The Labute approximate surface area is 127 Å². The molecule has 0 radical (unpaired) electrons. The standard InChI is InChI=1S/C15H24N2O3S/c1-3-17(15-9-14(18)7-6-12(15)2)21(19,20)11-13-5-4-8-16-10-13/h6-7,9,13,16,18H,3-5,8,10-11H2,1-2H3. The number of hydrogen-bond donors (Lipinski definition) is 2. The lowest BCUT2D eigenvalue weighted by Crippen LogP contribution is -2.40. The van der Waals surface area contributed by atoms with Crippen LogP contribution < -0.4 is 9.62 Å². The number of piperidine rings is 1. The number of hydrogen-bond acceptors (Lipinski definition) is 4. The number of aryl methyl sites for hydroxylation is 1. The van der Waals surface area contributed by atoms with E-state index < -0.39 is 10.0 Å². The maximum atomic E-state index is 12.7. The molecule has 1 saturated heterocycles. The van der Waals surface area contributed by atoms with Crippen molar-refractivity contribution in [1.29, 1.82) is 0 Å². The van der Waals surface area contributed by atoms with Gasteiger partial charge in [-0.05, 0) is 57.3 Å². The van der Waals surface area contributed by atoms with E-state index in [1.54, 1.807) is 12.1 Å². The quantitative estimate of drug-likeness (QED) is 0.870. The maximum absolute atomic E-state index is 12.7. The highest BCUT2D eigenvalue weighted by atomic mass is 32.2. The van der Waals surface area contributed by atoms with Gasteiger partial charge in [0, 0.05) is 12.6 Å². The number of sulfonamides is 1. The average Bonchev–Trinajstić information content (AvgIpc) is 2.43. The summed E-state index contributed by atoms with van der Waals surface area (Å²) in [6, 6.07) is 4.84. The van der Waals surface area contributed by atoms with E-state index in [0.29, 0.717) is 12.2 Å². The molecule has 0 saturated carbocycles. The highest BCUT2D eigenvalue weighted by Gasteiger charge is 2.27. The van der Waals surface area contributed by atoms with Crippen LogP contribution in [0.15, 0.2) is 18.2 Å². The van der Waals surface area contributed by atoms with Crippen LogP contribution in [-0.4, -0.2) is 38.9 Å². The number of nitrogens with zero attached hydrogens (tertiary/aromatic N) is 1. The van der Waals surface area contributed by atoms with Crippen LogP contribution in [0, 0.1) is 12.8 Å². The smallest absolute Gasteiger partial charge is 0.235 e. The van der Waals surface area contributed by atoms with Gasteiger partial charge in [-0.1, -0.05) is 6.07 Å². The van der Waals surface area contributed by atoms with Crippen molar-refractivity contribution >= 4 is 15.7 Å². The normalized spacial score (nSPS) is 19.4. The summed E-state index contributed by atoms with van der Waals surface area (Å²) in [6.45, 7) is 5.78. The fourth-order valence-corrected chi connectivity index (χ4v) is 4.79. The molecule has 0 aromatic heterocycles. The summed E-state index contributed by atoms with van der Waals surface area (Å²) in [6.07, 6.45) is 1.97. The zero-order valence-corrected chi connectivity index (χ0v) is 13.5. The Kier molecular flexibility index (Phi) is 5.11. The first kappa shape index (κ1) is 16.1. The number of anilines is 1. The number of phenolic OH excluding ortho intramolecular Hbond substituents is 1. The van der Waals surface area contributed by atoms with Gasteiger partial charge in [-0.15, -0.1) is 0 Å². The molecule has 1 fully saturated rings. The fraction of sp³-hybridized carbons (Fsp3) is 0.600. The van der Waals surface area contributed by atoms with Gasteiger partial charge < -0.3 is 10.4 Å². The molecular weight excluding hydrogens is 288 g/mol. The molecule has 5 nitrogen and oxygen atoms in total. The summed E-state index contributed by atoms with van der Waals surface area (Å²) in [5.41, 5.74) is 1.42. The Morgan fingerprint density at radius 3 is 2.81 bits per heavy atom. The highest BCUT2D eigenvalue weighted by Crippen LogP contribution is 2.28. The monoisotopic (exact) mass is 312 g/mol. The zero-order valence-electron chi connectivity index (χ0n) is 12.7. The molecule has 21 heavy (non-hydrogen) atoms. The van der Waals surface area contributed by atoms with Crippen molar-refractivity contribution in [2.24, 2.45) is 5.92 Å². The number of nitrogens with one attached hydrogen (secondary N) is 1. The summed E-state index contributed by atoms with van der Waals surface area (Å²) < 4.78 is 26.8. The number of benzene rings is 1. The van der Waals surface area contributed by atoms with E-state index in [1.165, 1.54) is 10.4 Å². The molecule has 1 aliphatic rings. The van der Waals surface area contributed by atoms with Gasteiger partial charge in [-0.2, -0.15) is 0 Å². The van der Waals surface area contributed by atoms with Crippen LogP contribution in [-0.2, 0) is 10.0 Å². The molecule has 1 aromatic rings. The Morgan fingerprint density at radius 2 is 2.19 bits per heavy atom. The van der Waals surface area contributed by atoms with Gasteiger partial charge in [0.1, 0.15) is 5.75 Å². The van der Waals surface area contributed by atoms with Crippen LogP contribution in [0.4, 0.5) is 5.69 Å². The molecule has 6 heteroatoms. The van der Waals surface area contributed by atoms with Crippen LogP contribution in [0.25, 0.3) is 0 Å². The van der Waals surface area contributed by atoms with Crippen LogP contribution in [0.2, 0.25) is 0 Å². The van der Waals surface area contributed by atoms with Crippen LogP contribution in [0.1, 0.15) is 25.3 Å². The van der Waals surface area contributed by atoms with Gasteiger partial charge in [0.25, 0.3) is 0 Å². The topological polar surface area (TPSA) is 69.6 Å².